The molecule has 0 radical (unpaired) electrons. The summed E-state index contributed by atoms with van der Waals surface area (Å²) in [5.74, 6) is -3.65. The van der Waals surface area contributed by atoms with Crippen LogP contribution in [0.5, 0.6) is 0 Å². The minimum absolute atomic E-state index is 0.0791. The molecule has 0 aromatic heterocycles. The molecule has 3 N–H and O–H groups in total. The summed E-state index contributed by atoms with van der Waals surface area (Å²) in [6, 6.07) is 8.18. The number of piperidine rings is 1. The maximum absolute atomic E-state index is 13.8. The number of hydrogen-bond acceptors (Lipinski definition) is 12. The van der Waals surface area contributed by atoms with Gasteiger partial charge in [0.2, 0.25) is 0 Å². The molecule has 7 rings (SSSR count). The molecule has 12 heteroatoms. The smallest absolute Gasteiger partial charge is 0.338 e. The van der Waals surface area contributed by atoms with Crippen LogP contribution in [-0.2, 0) is 33.2 Å². The normalized spacial score (nSPS) is 49.9. The highest BCUT2D eigenvalue weighted by molar-refractivity contribution is 5.89. The Labute approximate surface area is 269 Å². The molecule has 12 nitrogen and oxygen atoms in total. The Hall–Kier alpha value is -2.16. The fourth-order valence-electron chi connectivity index (χ4n) is 12.3. The van der Waals surface area contributed by atoms with E-state index in [4.69, 9.17) is 28.4 Å². The molecule has 1 spiro atoms. The molecule has 6 aliphatic rings. The lowest BCUT2D eigenvalue weighted by atomic mass is 9.42. The topological polar surface area (TPSA) is 153 Å². The first kappa shape index (κ1) is 32.4. The first-order valence-electron chi connectivity index (χ1n) is 16.3. The van der Waals surface area contributed by atoms with Crippen molar-refractivity contribution in [1.29, 1.82) is 0 Å². The number of nitrogens with zero attached hydrogens (tertiary/aromatic N) is 1. The standard InChI is InChI=1S/C34H47NO11/c1-7-35-15-31(16-41-3)20(37)13-21(42-4)33-19-14-32(40)28(45-30(39)18-11-9-8-10-12-18)22(19)34(46-17(2)36,27(38)29(32)44-6)23(26(33)35)24(43-5)25(31)33/h8-12,19-29,37-38,40H,7,13-16H2,1-6H3/t19-,20-,21+,22-,23?,24+,25-,26+,27+,28-,29+,31+,32-,33-,34-/m1/s1. The molecule has 1 aromatic rings. The molecule has 46 heavy (non-hydrogen) atoms. The van der Waals surface area contributed by atoms with Crippen LogP contribution in [0.4, 0.5) is 0 Å². The molecule has 5 aliphatic carbocycles. The van der Waals surface area contributed by atoms with E-state index in [9.17, 15) is 24.9 Å². The van der Waals surface area contributed by atoms with E-state index in [1.54, 1.807) is 51.7 Å². The lowest BCUT2D eigenvalue weighted by Gasteiger charge is -2.70. The molecule has 1 saturated heterocycles. The number of carbonyl (C=O) groups excluding carboxylic acids is 2. The number of carbonyl (C=O) groups is 2. The van der Waals surface area contributed by atoms with Gasteiger partial charge in [0.15, 0.2) is 5.60 Å². The number of likely N-dealkylation sites (tertiary alicyclic amines) is 1. The van der Waals surface area contributed by atoms with Crippen LogP contribution in [0.25, 0.3) is 0 Å². The fraction of sp³-hybridized carbons (Fsp3) is 0.765. The van der Waals surface area contributed by atoms with Gasteiger partial charge in [0.05, 0.1) is 30.5 Å². The molecular weight excluding hydrogens is 598 g/mol. The van der Waals surface area contributed by atoms with Gasteiger partial charge >= 0.3 is 11.9 Å². The van der Waals surface area contributed by atoms with Crippen molar-refractivity contribution in [3.63, 3.8) is 0 Å². The van der Waals surface area contributed by atoms with Gasteiger partial charge in [-0.3, -0.25) is 9.69 Å². The molecule has 1 aromatic carbocycles. The molecule has 5 saturated carbocycles. The zero-order valence-corrected chi connectivity index (χ0v) is 27.3. The number of esters is 2. The highest BCUT2D eigenvalue weighted by atomic mass is 16.6. The SMILES string of the molecule is CCN1C[C@]2(COC)[C@H](O)C[C@H](OC)[C@@]34[C@@H]5C[C@@]6(O)[C@H](OC(=O)c7ccccc7)[C@@H]5[C@@](OC(C)=O)(C([C@H]13)[C@H](OC)[C@H]24)[C@@H](O)[C@@H]6OC. The summed E-state index contributed by atoms with van der Waals surface area (Å²) in [7, 11) is 6.27. The summed E-state index contributed by atoms with van der Waals surface area (Å²) < 4.78 is 37.4. The van der Waals surface area contributed by atoms with Crippen molar-refractivity contribution in [3.8, 4) is 0 Å². The second-order valence-corrected chi connectivity index (χ2v) is 14.4. The summed E-state index contributed by atoms with van der Waals surface area (Å²) in [4.78, 5) is 29.3. The summed E-state index contributed by atoms with van der Waals surface area (Å²) in [5, 5.41) is 37.3. The summed E-state index contributed by atoms with van der Waals surface area (Å²) >= 11 is 0. The quantitative estimate of drug-likeness (QED) is 0.323. The maximum atomic E-state index is 13.8. The van der Waals surface area contributed by atoms with E-state index in [-0.39, 0.29) is 25.0 Å². The van der Waals surface area contributed by atoms with Crippen LogP contribution < -0.4 is 0 Å². The first-order valence-corrected chi connectivity index (χ1v) is 16.3. The predicted octanol–water partition coefficient (Wildman–Crippen LogP) is 0.648. The Bertz CT molecular complexity index is 1360. The molecule has 1 aliphatic heterocycles. The summed E-state index contributed by atoms with van der Waals surface area (Å²) in [5.41, 5.74) is -4.79. The predicted molar refractivity (Wildman–Crippen MR) is 160 cm³/mol. The van der Waals surface area contributed by atoms with Crippen molar-refractivity contribution >= 4 is 11.9 Å². The van der Waals surface area contributed by atoms with Crippen LogP contribution in [0.15, 0.2) is 30.3 Å². The van der Waals surface area contributed by atoms with Gasteiger partial charge in [0.25, 0.3) is 0 Å². The van der Waals surface area contributed by atoms with Crippen LogP contribution >= 0.6 is 0 Å². The number of methoxy groups -OCH3 is 4. The van der Waals surface area contributed by atoms with E-state index in [1.807, 2.05) is 6.92 Å². The van der Waals surface area contributed by atoms with E-state index >= 15 is 0 Å². The fourth-order valence-corrected chi connectivity index (χ4v) is 12.3. The Morgan fingerprint density at radius 1 is 1.00 bits per heavy atom. The van der Waals surface area contributed by atoms with Crippen molar-refractivity contribution in [2.45, 2.75) is 80.6 Å². The Morgan fingerprint density at radius 3 is 2.30 bits per heavy atom. The van der Waals surface area contributed by atoms with Gasteiger partial charge in [-0.15, -0.1) is 0 Å². The average molecular weight is 646 g/mol. The number of rotatable bonds is 9. The minimum Gasteiger partial charge on any atom is -0.455 e. The second-order valence-electron chi connectivity index (χ2n) is 14.4. The van der Waals surface area contributed by atoms with Crippen molar-refractivity contribution < 1.29 is 53.3 Å². The van der Waals surface area contributed by atoms with Gasteiger partial charge in [-0.05, 0) is 31.0 Å². The third kappa shape index (κ3) is 3.62. The molecule has 1 heterocycles. The van der Waals surface area contributed by atoms with Gasteiger partial charge in [0, 0.05) is 83.0 Å². The van der Waals surface area contributed by atoms with Crippen LogP contribution in [0.1, 0.15) is 37.0 Å². The molecule has 0 amide bonds. The largest absolute Gasteiger partial charge is 0.455 e. The lowest BCUT2D eigenvalue weighted by Crippen LogP contribution is -2.81. The van der Waals surface area contributed by atoms with Gasteiger partial charge in [-0.1, -0.05) is 25.1 Å². The van der Waals surface area contributed by atoms with E-state index in [0.717, 1.165) is 0 Å². The summed E-state index contributed by atoms with van der Waals surface area (Å²) in [6.07, 6.45) is -5.49. The minimum atomic E-state index is -1.83. The third-order valence-corrected chi connectivity index (χ3v) is 13.2. The van der Waals surface area contributed by atoms with Gasteiger partial charge < -0.3 is 43.7 Å². The van der Waals surface area contributed by atoms with Crippen molar-refractivity contribution in [1.82, 2.24) is 4.90 Å². The zero-order chi connectivity index (χ0) is 33.0. The van der Waals surface area contributed by atoms with Crippen molar-refractivity contribution in [2.24, 2.45) is 34.5 Å². The molecule has 1 unspecified atom stereocenters. The maximum Gasteiger partial charge on any atom is 0.338 e. The van der Waals surface area contributed by atoms with Crippen LogP contribution in [0.3, 0.4) is 0 Å². The first-order chi connectivity index (χ1) is 22.0. The molecular formula is C34H47NO11. The third-order valence-electron chi connectivity index (χ3n) is 13.2. The lowest BCUT2D eigenvalue weighted by molar-refractivity contribution is -0.322. The van der Waals surface area contributed by atoms with E-state index in [0.29, 0.717) is 25.1 Å². The van der Waals surface area contributed by atoms with E-state index in [2.05, 4.69) is 4.90 Å². The van der Waals surface area contributed by atoms with Gasteiger partial charge in [0.1, 0.15) is 23.9 Å². The highest BCUT2D eigenvalue weighted by Gasteiger charge is 2.92. The number of hydrogen-bond donors (Lipinski definition) is 3. The van der Waals surface area contributed by atoms with Crippen molar-refractivity contribution in [3.05, 3.63) is 35.9 Å². The Kier molecular flexibility index (Phi) is 7.69. The molecule has 15 atom stereocenters. The number of aliphatic hydroxyl groups excluding tert-OH is 2. The van der Waals surface area contributed by atoms with Crippen LogP contribution in [0, 0.1) is 34.5 Å². The van der Waals surface area contributed by atoms with E-state index < -0.39 is 88.3 Å². The number of fused-ring (bicyclic) bond motifs is 2. The zero-order valence-electron chi connectivity index (χ0n) is 27.3. The Morgan fingerprint density at radius 2 is 1.72 bits per heavy atom. The van der Waals surface area contributed by atoms with Crippen LogP contribution in [-0.4, -0.2) is 134 Å². The number of aliphatic hydroxyl groups is 3. The van der Waals surface area contributed by atoms with Gasteiger partial charge in [-0.25, -0.2) is 4.79 Å². The van der Waals surface area contributed by atoms with Crippen molar-refractivity contribution in [2.75, 3.05) is 48.1 Å². The number of benzene rings is 1. The molecule has 254 valence electrons. The second kappa shape index (κ2) is 10.9. The molecule has 6 fully saturated rings. The summed E-state index contributed by atoms with van der Waals surface area (Å²) in [6.45, 7) is 4.68. The molecule has 7 bridgehead atoms. The average Bonchev–Trinajstić information content (AvgIpc) is 3.41. The van der Waals surface area contributed by atoms with Gasteiger partial charge in [-0.2, -0.15) is 0 Å². The monoisotopic (exact) mass is 645 g/mol. The van der Waals surface area contributed by atoms with Crippen LogP contribution in [0.2, 0.25) is 0 Å². The highest BCUT2D eigenvalue weighted by Crippen LogP contribution is 2.80. The Balaban J connectivity index is 1.53. The van der Waals surface area contributed by atoms with E-state index in [1.165, 1.54) is 14.0 Å². The number of ether oxygens (including phenoxy) is 6.